The standard InChI is InChI=1S/C16H23NO4/c1-17(6-7-21-9-10-2-3-10)15(18)13-11-4-5-12(8-11)14(13)16(19)20/h4-5,10-14H,2-3,6-9H2,1H3,(H,19,20). The van der Waals surface area contributed by atoms with Crippen LogP contribution in [0, 0.1) is 29.6 Å². The van der Waals surface area contributed by atoms with Gasteiger partial charge in [0, 0.05) is 20.2 Å². The first-order valence-corrected chi connectivity index (χ1v) is 7.81. The van der Waals surface area contributed by atoms with Crippen LogP contribution < -0.4 is 0 Å². The van der Waals surface area contributed by atoms with E-state index in [1.54, 1.807) is 11.9 Å². The van der Waals surface area contributed by atoms with Crippen LogP contribution in [0.25, 0.3) is 0 Å². The third-order valence-corrected chi connectivity index (χ3v) is 5.03. The molecule has 3 aliphatic rings. The quantitative estimate of drug-likeness (QED) is 0.569. The first kappa shape index (κ1) is 14.6. The van der Waals surface area contributed by atoms with Crippen molar-refractivity contribution in [1.29, 1.82) is 0 Å². The largest absolute Gasteiger partial charge is 0.481 e. The lowest BCUT2D eigenvalue weighted by Crippen LogP contribution is -2.42. The second-order valence-electron chi connectivity index (χ2n) is 6.62. The molecule has 0 heterocycles. The smallest absolute Gasteiger partial charge is 0.307 e. The minimum absolute atomic E-state index is 0.0287. The van der Waals surface area contributed by atoms with Crippen molar-refractivity contribution in [2.24, 2.45) is 29.6 Å². The number of hydrogen-bond acceptors (Lipinski definition) is 3. The number of carbonyl (C=O) groups excluding carboxylic acids is 1. The van der Waals surface area contributed by atoms with Crippen LogP contribution in [0.3, 0.4) is 0 Å². The molecule has 0 radical (unpaired) electrons. The van der Waals surface area contributed by atoms with Crippen LogP contribution in [-0.4, -0.2) is 48.7 Å². The van der Waals surface area contributed by atoms with Crippen LogP contribution in [0.2, 0.25) is 0 Å². The molecule has 0 spiro atoms. The van der Waals surface area contributed by atoms with E-state index < -0.39 is 17.8 Å². The lowest BCUT2D eigenvalue weighted by Gasteiger charge is -2.28. The van der Waals surface area contributed by atoms with E-state index >= 15 is 0 Å². The third-order valence-electron chi connectivity index (χ3n) is 5.03. The van der Waals surface area contributed by atoms with Crippen molar-refractivity contribution in [2.75, 3.05) is 26.8 Å². The van der Waals surface area contributed by atoms with Gasteiger partial charge in [0.2, 0.25) is 5.91 Å². The first-order valence-electron chi connectivity index (χ1n) is 7.81. The number of aliphatic carboxylic acids is 1. The lowest BCUT2D eigenvalue weighted by atomic mass is 9.82. The highest BCUT2D eigenvalue weighted by molar-refractivity contribution is 5.86. The molecule has 3 rings (SSSR count). The van der Waals surface area contributed by atoms with Crippen LogP contribution in [0.5, 0.6) is 0 Å². The second-order valence-corrected chi connectivity index (χ2v) is 6.62. The SMILES string of the molecule is CN(CCOCC1CC1)C(=O)C1C2C=CC(C2)C1C(=O)O. The Hall–Kier alpha value is -1.36. The predicted octanol–water partition coefficient (Wildman–Crippen LogP) is 1.39. The van der Waals surface area contributed by atoms with Crippen LogP contribution >= 0.6 is 0 Å². The van der Waals surface area contributed by atoms with Gasteiger partial charge in [0.1, 0.15) is 0 Å². The number of carboxylic acids is 1. The number of rotatable bonds is 7. The van der Waals surface area contributed by atoms with Gasteiger partial charge in [-0.05, 0) is 37.0 Å². The maximum absolute atomic E-state index is 12.6. The number of carbonyl (C=O) groups is 2. The molecule has 5 nitrogen and oxygen atoms in total. The fourth-order valence-corrected chi connectivity index (χ4v) is 3.60. The van der Waals surface area contributed by atoms with E-state index in [2.05, 4.69) is 0 Å². The van der Waals surface area contributed by atoms with Crippen LogP contribution in [0.1, 0.15) is 19.3 Å². The Kier molecular flexibility index (Phi) is 4.02. The number of fused-ring (bicyclic) bond motifs is 2. The number of hydrogen-bond donors (Lipinski definition) is 1. The van der Waals surface area contributed by atoms with Crippen molar-refractivity contribution in [3.05, 3.63) is 12.2 Å². The highest BCUT2D eigenvalue weighted by atomic mass is 16.5. The van der Waals surface area contributed by atoms with Gasteiger partial charge in [-0.1, -0.05) is 12.2 Å². The van der Waals surface area contributed by atoms with E-state index in [9.17, 15) is 14.7 Å². The Morgan fingerprint density at radius 2 is 1.90 bits per heavy atom. The van der Waals surface area contributed by atoms with Gasteiger partial charge >= 0.3 is 5.97 Å². The number of likely N-dealkylation sites (N-methyl/N-ethyl adjacent to an activating group) is 1. The summed E-state index contributed by atoms with van der Waals surface area (Å²) >= 11 is 0. The third kappa shape index (κ3) is 2.98. The molecule has 4 unspecified atom stereocenters. The van der Waals surface area contributed by atoms with Crippen LogP contribution in [0.15, 0.2) is 12.2 Å². The fraction of sp³-hybridized carbons (Fsp3) is 0.750. The maximum atomic E-state index is 12.6. The van der Waals surface area contributed by atoms with Gasteiger partial charge < -0.3 is 14.7 Å². The molecule has 1 N–H and O–H groups in total. The molecule has 0 saturated heterocycles. The van der Waals surface area contributed by atoms with E-state index in [4.69, 9.17) is 4.74 Å². The topological polar surface area (TPSA) is 66.8 Å². The minimum atomic E-state index is -0.844. The molecule has 0 aromatic carbocycles. The van der Waals surface area contributed by atoms with E-state index in [-0.39, 0.29) is 17.7 Å². The van der Waals surface area contributed by atoms with Crippen molar-refractivity contribution >= 4 is 11.9 Å². The van der Waals surface area contributed by atoms with Crippen molar-refractivity contribution in [1.82, 2.24) is 4.90 Å². The Morgan fingerprint density at radius 3 is 2.52 bits per heavy atom. The number of ether oxygens (including phenoxy) is 1. The fourth-order valence-electron chi connectivity index (χ4n) is 3.60. The van der Waals surface area contributed by atoms with Gasteiger partial charge in [0.15, 0.2) is 0 Å². The van der Waals surface area contributed by atoms with Crippen LogP contribution in [0.4, 0.5) is 0 Å². The van der Waals surface area contributed by atoms with Gasteiger partial charge in [0.25, 0.3) is 0 Å². The summed E-state index contributed by atoms with van der Waals surface area (Å²) in [5, 5.41) is 9.39. The highest BCUT2D eigenvalue weighted by Crippen LogP contribution is 2.48. The summed E-state index contributed by atoms with van der Waals surface area (Å²) in [6.07, 6.45) is 7.30. The molecule has 116 valence electrons. The molecular formula is C16H23NO4. The highest BCUT2D eigenvalue weighted by Gasteiger charge is 2.52. The molecular weight excluding hydrogens is 270 g/mol. The number of nitrogens with zero attached hydrogens (tertiary/aromatic N) is 1. The van der Waals surface area contributed by atoms with Crippen molar-refractivity contribution < 1.29 is 19.4 Å². The molecule has 2 bridgehead atoms. The Balaban J connectivity index is 1.53. The Morgan fingerprint density at radius 1 is 1.24 bits per heavy atom. The Bertz CT molecular complexity index is 457. The zero-order valence-electron chi connectivity index (χ0n) is 12.4. The molecule has 3 aliphatic carbocycles. The van der Waals surface area contributed by atoms with E-state index in [1.807, 2.05) is 12.2 Å². The number of carboxylic acid groups (broad SMARTS) is 1. The van der Waals surface area contributed by atoms with Crippen molar-refractivity contribution in [3.8, 4) is 0 Å². The van der Waals surface area contributed by atoms with Gasteiger partial charge in [-0.15, -0.1) is 0 Å². The summed E-state index contributed by atoms with van der Waals surface area (Å²) in [5.41, 5.74) is 0. The summed E-state index contributed by atoms with van der Waals surface area (Å²) in [4.78, 5) is 25.6. The minimum Gasteiger partial charge on any atom is -0.481 e. The predicted molar refractivity (Wildman–Crippen MR) is 76.5 cm³/mol. The normalized spacial score (nSPS) is 33.4. The van der Waals surface area contributed by atoms with Gasteiger partial charge in [-0.3, -0.25) is 9.59 Å². The molecule has 1 amide bonds. The maximum Gasteiger partial charge on any atom is 0.307 e. The summed E-state index contributed by atoms with van der Waals surface area (Å²) < 4.78 is 5.55. The molecule has 4 atom stereocenters. The Labute approximate surface area is 124 Å². The summed E-state index contributed by atoms with van der Waals surface area (Å²) in [6.45, 7) is 1.86. The van der Waals surface area contributed by atoms with Gasteiger partial charge in [-0.25, -0.2) is 0 Å². The summed E-state index contributed by atoms with van der Waals surface area (Å²) in [5.74, 6) is -0.997. The van der Waals surface area contributed by atoms with Crippen LogP contribution in [-0.2, 0) is 14.3 Å². The molecule has 0 aromatic heterocycles. The average molecular weight is 293 g/mol. The van der Waals surface area contributed by atoms with E-state index in [0.29, 0.717) is 13.2 Å². The lowest BCUT2D eigenvalue weighted by molar-refractivity contribution is -0.150. The van der Waals surface area contributed by atoms with Gasteiger partial charge in [-0.2, -0.15) is 0 Å². The first-order chi connectivity index (χ1) is 10.1. The summed E-state index contributed by atoms with van der Waals surface area (Å²) in [6, 6.07) is 0. The summed E-state index contributed by atoms with van der Waals surface area (Å²) in [7, 11) is 1.75. The van der Waals surface area contributed by atoms with Gasteiger partial charge in [0.05, 0.1) is 18.4 Å². The number of amides is 1. The molecule has 0 aliphatic heterocycles. The van der Waals surface area contributed by atoms with Crippen molar-refractivity contribution in [3.63, 3.8) is 0 Å². The van der Waals surface area contributed by atoms with E-state index in [1.165, 1.54) is 12.8 Å². The molecule has 0 aromatic rings. The zero-order valence-corrected chi connectivity index (χ0v) is 12.4. The van der Waals surface area contributed by atoms with Crippen molar-refractivity contribution in [2.45, 2.75) is 19.3 Å². The molecule has 2 fully saturated rings. The number of allylic oxidation sites excluding steroid dienone is 2. The second kappa shape index (κ2) is 5.79. The monoisotopic (exact) mass is 293 g/mol. The molecule has 21 heavy (non-hydrogen) atoms. The van der Waals surface area contributed by atoms with E-state index in [0.717, 1.165) is 18.9 Å². The molecule has 2 saturated carbocycles. The molecule has 5 heteroatoms. The zero-order chi connectivity index (χ0) is 15.0. The average Bonchev–Trinajstić information content (AvgIpc) is 3.05.